The fraction of sp³-hybridized carbons (Fsp3) is 0.333. The van der Waals surface area contributed by atoms with Gasteiger partial charge in [0.05, 0.1) is 12.1 Å². The minimum atomic E-state index is -0.380. The molecule has 0 unspecified atom stereocenters. The molecule has 0 aliphatic carbocycles. The third-order valence-corrected chi connectivity index (χ3v) is 3.76. The molecule has 0 atom stereocenters. The lowest BCUT2D eigenvalue weighted by Crippen LogP contribution is -2.22. The fourth-order valence-corrected chi connectivity index (χ4v) is 2.37. The molecule has 0 heterocycles. The minimum Gasteiger partial charge on any atom is -0.493 e. The van der Waals surface area contributed by atoms with Gasteiger partial charge in [-0.1, -0.05) is 43.6 Å². The summed E-state index contributed by atoms with van der Waals surface area (Å²) >= 11 is 6.05. The van der Waals surface area contributed by atoms with Crippen molar-refractivity contribution in [2.75, 3.05) is 7.11 Å². The molecular formula is C18H21ClFNO2. The summed E-state index contributed by atoms with van der Waals surface area (Å²) in [7, 11) is 1.58. The highest BCUT2D eigenvalue weighted by atomic mass is 35.5. The van der Waals surface area contributed by atoms with Crippen molar-refractivity contribution < 1.29 is 13.9 Å². The molecule has 0 aliphatic rings. The number of halogens is 2. The van der Waals surface area contributed by atoms with E-state index in [2.05, 4.69) is 19.2 Å². The highest BCUT2D eigenvalue weighted by molar-refractivity contribution is 6.31. The van der Waals surface area contributed by atoms with Crippen molar-refractivity contribution in [2.24, 2.45) is 0 Å². The predicted molar refractivity (Wildman–Crippen MR) is 90.7 cm³/mol. The standard InChI is InChI=1S/C18H21ClFNO2/c1-12(2)21-10-13-6-4-9-17(22-3)18(13)23-11-14-15(19)7-5-8-16(14)20/h4-9,12,21H,10-11H2,1-3H3. The van der Waals surface area contributed by atoms with Crippen LogP contribution in [0.4, 0.5) is 4.39 Å². The highest BCUT2D eigenvalue weighted by Gasteiger charge is 2.14. The normalized spacial score (nSPS) is 10.9. The van der Waals surface area contributed by atoms with Gasteiger partial charge in [0.15, 0.2) is 11.5 Å². The third kappa shape index (κ3) is 4.60. The summed E-state index contributed by atoms with van der Waals surface area (Å²) in [6, 6.07) is 10.6. The number of methoxy groups -OCH3 is 1. The van der Waals surface area contributed by atoms with Crippen molar-refractivity contribution in [3.8, 4) is 11.5 Å². The van der Waals surface area contributed by atoms with E-state index in [9.17, 15) is 4.39 Å². The number of hydrogen-bond donors (Lipinski definition) is 1. The van der Waals surface area contributed by atoms with Gasteiger partial charge in [-0.3, -0.25) is 0 Å². The van der Waals surface area contributed by atoms with Gasteiger partial charge in [0.2, 0.25) is 0 Å². The zero-order valence-corrected chi connectivity index (χ0v) is 14.3. The fourth-order valence-electron chi connectivity index (χ4n) is 2.15. The lowest BCUT2D eigenvalue weighted by Gasteiger charge is -2.17. The average Bonchev–Trinajstić information content (AvgIpc) is 2.52. The molecule has 0 fully saturated rings. The van der Waals surface area contributed by atoms with Gasteiger partial charge in [-0.2, -0.15) is 0 Å². The number of ether oxygens (including phenoxy) is 2. The molecule has 5 heteroatoms. The number of para-hydroxylation sites is 1. The molecule has 0 aliphatic heterocycles. The van der Waals surface area contributed by atoms with Crippen LogP contribution in [0.5, 0.6) is 11.5 Å². The quantitative estimate of drug-likeness (QED) is 0.803. The molecule has 2 rings (SSSR count). The molecule has 0 radical (unpaired) electrons. The predicted octanol–water partition coefficient (Wildman–Crippen LogP) is 4.56. The number of nitrogens with one attached hydrogen (secondary N) is 1. The van der Waals surface area contributed by atoms with Crippen molar-refractivity contribution in [2.45, 2.75) is 33.0 Å². The molecule has 1 N–H and O–H groups in total. The van der Waals surface area contributed by atoms with Gasteiger partial charge in [-0.25, -0.2) is 4.39 Å². The van der Waals surface area contributed by atoms with E-state index in [-0.39, 0.29) is 12.4 Å². The van der Waals surface area contributed by atoms with E-state index in [1.807, 2.05) is 18.2 Å². The molecule has 2 aromatic rings. The van der Waals surface area contributed by atoms with Crippen LogP contribution < -0.4 is 14.8 Å². The summed E-state index contributed by atoms with van der Waals surface area (Å²) in [6.45, 7) is 4.81. The molecule has 0 bridgehead atoms. The SMILES string of the molecule is COc1cccc(CNC(C)C)c1OCc1c(F)cccc1Cl. The minimum absolute atomic E-state index is 0.0422. The molecule has 0 saturated carbocycles. The first kappa shape index (κ1) is 17.6. The van der Waals surface area contributed by atoms with Gasteiger partial charge in [0.1, 0.15) is 12.4 Å². The Morgan fingerprint density at radius 1 is 1.17 bits per heavy atom. The van der Waals surface area contributed by atoms with Crippen molar-refractivity contribution in [1.29, 1.82) is 0 Å². The van der Waals surface area contributed by atoms with Crippen LogP contribution in [-0.2, 0) is 13.2 Å². The number of rotatable bonds is 7. The Hall–Kier alpha value is -1.78. The molecule has 2 aromatic carbocycles. The largest absolute Gasteiger partial charge is 0.493 e. The van der Waals surface area contributed by atoms with E-state index in [0.717, 1.165) is 5.56 Å². The average molecular weight is 338 g/mol. The second kappa shape index (κ2) is 8.18. The molecule has 0 amide bonds. The van der Waals surface area contributed by atoms with Crippen LogP contribution in [0.1, 0.15) is 25.0 Å². The Kier molecular flexibility index (Phi) is 6.25. The number of hydrogen-bond acceptors (Lipinski definition) is 3. The van der Waals surface area contributed by atoms with Crippen LogP contribution in [0.25, 0.3) is 0 Å². The molecule has 0 aromatic heterocycles. The second-order valence-corrected chi connectivity index (χ2v) is 5.88. The topological polar surface area (TPSA) is 30.5 Å². The van der Waals surface area contributed by atoms with Gasteiger partial charge in [-0.15, -0.1) is 0 Å². The Morgan fingerprint density at radius 3 is 2.57 bits per heavy atom. The molecular weight excluding hydrogens is 317 g/mol. The maximum atomic E-state index is 13.9. The highest BCUT2D eigenvalue weighted by Crippen LogP contribution is 2.32. The van der Waals surface area contributed by atoms with Crippen LogP contribution in [0.3, 0.4) is 0 Å². The van der Waals surface area contributed by atoms with E-state index in [4.69, 9.17) is 21.1 Å². The van der Waals surface area contributed by atoms with Crippen LogP contribution in [0.15, 0.2) is 36.4 Å². The monoisotopic (exact) mass is 337 g/mol. The van der Waals surface area contributed by atoms with Crippen LogP contribution >= 0.6 is 11.6 Å². The molecule has 0 spiro atoms. The molecule has 124 valence electrons. The van der Waals surface area contributed by atoms with Gasteiger partial charge < -0.3 is 14.8 Å². The van der Waals surface area contributed by atoms with Gasteiger partial charge in [0.25, 0.3) is 0 Å². The maximum absolute atomic E-state index is 13.9. The van der Waals surface area contributed by atoms with E-state index < -0.39 is 0 Å². The van der Waals surface area contributed by atoms with E-state index in [1.54, 1.807) is 19.2 Å². The summed E-state index contributed by atoms with van der Waals surface area (Å²) in [5.41, 5.74) is 1.29. The first-order valence-corrected chi connectivity index (χ1v) is 7.85. The summed E-state index contributed by atoms with van der Waals surface area (Å²) in [4.78, 5) is 0. The van der Waals surface area contributed by atoms with E-state index >= 15 is 0 Å². The van der Waals surface area contributed by atoms with Gasteiger partial charge in [0, 0.05) is 23.7 Å². The van der Waals surface area contributed by atoms with E-state index in [0.29, 0.717) is 34.7 Å². The summed E-state index contributed by atoms with van der Waals surface area (Å²) in [5.74, 6) is 0.831. The van der Waals surface area contributed by atoms with Crippen molar-refractivity contribution in [3.05, 3.63) is 58.4 Å². The lowest BCUT2D eigenvalue weighted by atomic mass is 10.1. The van der Waals surface area contributed by atoms with Crippen LogP contribution in [-0.4, -0.2) is 13.2 Å². The summed E-state index contributed by atoms with van der Waals surface area (Å²) < 4.78 is 25.1. The lowest BCUT2D eigenvalue weighted by molar-refractivity contribution is 0.276. The molecule has 23 heavy (non-hydrogen) atoms. The number of benzene rings is 2. The molecule has 3 nitrogen and oxygen atoms in total. The summed E-state index contributed by atoms with van der Waals surface area (Å²) in [5, 5.41) is 3.69. The summed E-state index contributed by atoms with van der Waals surface area (Å²) in [6.07, 6.45) is 0. The van der Waals surface area contributed by atoms with Gasteiger partial charge >= 0.3 is 0 Å². The third-order valence-electron chi connectivity index (χ3n) is 3.40. The molecule has 0 saturated heterocycles. The van der Waals surface area contributed by atoms with E-state index in [1.165, 1.54) is 6.07 Å². The first-order valence-electron chi connectivity index (χ1n) is 7.48. The van der Waals surface area contributed by atoms with Crippen molar-refractivity contribution in [3.63, 3.8) is 0 Å². The Balaban J connectivity index is 2.23. The second-order valence-electron chi connectivity index (χ2n) is 5.47. The maximum Gasteiger partial charge on any atom is 0.166 e. The Morgan fingerprint density at radius 2 is 1.91 bits per heavy atom. The Bertz CT molecular complexity index is 641. The Labute approximate surface area is 141 Å². The van der Waals surface area contributed by atoms with Crippen molar-refractivity contribution >= 4 is 11.6 Å². The first-order chi connectivity index (χ1) is 11.0. The van der Waals surface area contributed by atoms with Crippen molar-refractivity contribution in [1.82, 2.24) is 5.32 Å². The van der Waals surface area contributed by atoms with Crippen LogP contribution in [0.2, 0.25) is 5.02 Å². The smallest absolute Gasteiger partial charge is 0.166 e. The van der Waals surface area contributed by atoms with Crippen LogP contribution in [0, 0.1) is 5.82 Å². The zero-order chi connectivity index (χ0) is 16.8. The van der Waals surface area contributed by atoms with Gasteiger partial charge in [-0.05, 0) is 18.2 Å². The zero-order valence-electron chi connectivity index (χ0n) is 13.5.